The van der Waals surface area contributed by atoms with Crippen molar-refractivity contribution in [3.8, 4) is 0 Å². The maximum Gasteiger partial charge on any atom is 0.308 e. The van der Waals surface area contributed by atoms with E-state index in [1.54, 1.807) is 0 Å². The fourth-order valence-corrected chi connectivity index (χ4v) is 1.05. The molecule has 5 heteroatoms. The molecule has 15 heavy (non-hydrogen) atoms. The van der Waals surface area contributed by atoms with Gasteiger partial charge in [0.15, 0.2) is 0 Å². The van der Waals surface area contributed by atoms with Crippen LogP contribution in [0.2, 0.25) is 0 Å². The first kappa shape index (κ1) is 14.3. The van der Waals surface area contributed by atoms with E-state index < -0.39 is 24.8 Å². The van der Waals surface area contributed by atoms with Gasteiger partial charge in [-0.25, -0.2) is 0 Å². The average Bonchev–Trinajstić information content (AvgIpc) is 2.17. The summed E-state index contributed by atoms with van der Waals surface area (Å²) in [7, 11) is 0. The first-order chi connectivity index (χ1) is 7.10. The molecule has 5 nitrogen and oxygen atoms in total. The van der Waals surface area contributed by atoms with Gasteiger partial charge in [0.1, 0.15) is 0 Å². The summed E-state index contributed by atoms with van der Waals surface area (Å²) < 4.78 is 4.83. The molecular weight excluding hydrogens is 200 g/mol. The number of hydrogen-bond donors (Lipinski definition) is 3. The summed E-state index contributed by atoms with van der Waals surface area (Å²) in [6.07, 6.45) is -0.343. The highest BCUT2D eigenvalue weighted by atomic mass is 16.5. The monoisotopic (exact) mass is 220 g/mol. The second-order valence-corrected chi connectivity index (χ2v) is 3.50. The fraction of sp³-hybridized carbons (Fsp3) is 0.900. The van der Waals surface area contributed by atoms with Crippen molar-refractivity contribution in [2.24, 2.45) is 0 Å². The minimum atomic E-state index is -0.983. The van der Waals surface area contributed by atoms with E-state index >= 15 is 0 Å². The molecule has 0 radical (unpaired) electrons. The minimum absolute atomic E-state index is 0.0145. The Morgan fingerprint density at radius 3 is 2.53 bits per heavy atom. The number of carbonyl (C=O) groups is 1. The lowest BCUT2D eigenvalue weighted by molar-refractivity contribution is -0.146. The summed E-state index contributed by atoms with van der Waals surface area (Å²) >= 11 is 0. The zero-order valence-corrected chi connectivity index (χ0v) is 9.06. The summed E-state index contributed by atoms with van der Waals surface area (Å²) in [4.78, 5) is 11.1. The molecule has 0 heterocycles. The number of ether oxygens (including phenoxy) is 1. The van der Waals surface area contributed by atoms with Gasteiger partial charge in [-0.05, 0) is 6.42 Å². The van der Waals surface area contributed by atoms with Crippen molar-refractivity contribution in [3.05, 3.63) is 0 Å². The molecule has 0 saturated carbocycles. The van der Waals surface area contributed by atoms with Crippen LogP contribution in [0, 0.1) is 0 Å². The summed E-state index contributed by atoms with van der Waals surface area (Å²) in [5, 5.41) is 26.8. The number of esters is 1. The van der Waals surface area contributed by atoms with Crippen molar-refractivity contribution in [2.45, 2.75) is 44.8 Å². The number of aliphatic hydroxyl groups is 3. The molecule has 0 aliphatic heterocycles. The first-order valence-corrected chi connectivity index (χ1v) is 5.22. The molecule has 0 aliphatic rings. The molecule has 0 spiro atoms. The Hall–Kier alpha value is -0.650. The van der Waals surface area contributed by atoms with Gasteiger partial charge in [0.2, 0.25) is 0 Å². The molecule has 0 rings (SSSR count). The quantitative estimate of drug-likeness (QED) is 0.390. The maximum absolute atomic E-state index is 11.1. The van der Waals surface area contributed by atoms with E-state index in [4.69, 9.17) is 14.9 Å². The Morgan fingerprint density at radius 2 is 2.00 bits per heavy atom. The second-order valence-electron chi connectivity index (χ2n) is 3.50. The van der Waals surface area contributed by atoms with Crippen molar-refractivity contribution in [3.63, 3.8) is 0 Å². The van der Waals surface area contributed by atoms with Gasteiger partial charge in [-0.1, -0.05) is 13.3 Å². The van der Waals surface area contributed by atoms with Crippen molar-refractivity contribution in [1.29, 1.82) is 0 Å². The molecule has 0 fully saturated rings. The summed E-state index contributed by atoms with van der Waals surface area (Å²) in [5.74, 6) is -0.471. The first-order valence-electron chi connectivity index (χ1n) is 5.22. The predicted molar refractivity (Wildman–Crippen MR) is 54.2 cm³/mol. The van der Waals surface area contributed by atoms with Crippen LogP contribution in [0.5, 0.6) is 0 Å². The Bertz CT molecular complexity index is 171. The molecule has 0 aromatic carbocycles. The van der Waals surface area contributed by atoms with Crippen LogP contribution in [0.15, 0.2) is 0 Å². The van der Waals surface area contributed by atoms with E-state index in [1.807, 2.05) is 6.92 Å². The SMILES string of the molecule is CCCCOC(=O)C[C@H](O)C[C@H](O)CO. The Kier molecular flexibility index (Phi) is 8.27. The largest absolute Gasteiger partial charge is 0.466 e. The van der Waals surface area contributed by atoms with E-state index in [0.717, 1.165) is 12.8 Å². The highest BCUT2D eigenvalue weighted by Crippen LogP contribution is 2.04. The molecule has 0 aliphatic carbocycles. The van der Waals surface area contributed by atoms with Crippen molar-refractivity contribution in [1.82, 2.24) is 0 Å². The molecule has 90 valence electrons. The van der Waals surface area contributed by atoms with Gasteiger partial charge < -0.3 is 20.1 Å². The van der Waals surface area contributed by atoms with Crippen LogP contribution in [-0.4, -0.2) is 46.7 Å². The fourth-order valence-electron chi connectivity index (χ4n) is 1.05. The van der Waals surface area contributed by atoms with Crippen molar-refractivity contribution < 1.29 is 24.9 Å². The summed E-state index contributed by atoms with van der Waals surface area (Å²) in [5.41, 5.74) is 0. The second kappa shape index (κ2) is 8.64. The predicted octanol–water partition coefficient (Wildman–Crippen LogP) is -0.176. The van der Waals surface area contributed by atoms with E-state index in [9.17, 15) is 9.90 Å². The standard InChI is InChI=1S/C10H20O5/c1-2-3-4-15-10(14)6-8(12)5-9(13)7-11/h8-9,11-13H,2-7H2,1H3/t8-,9+/m1/s1. The number of carbonyl (C=O) groups excluding carboxylic acids is 1. The Labute approximate surface area is 89.7 Å². The molecule has 0 aromatic heterocycles. The van der Waals surface area contributed by atoms with Gasteiger partial charge in [0, 0.05) is 6.42 Å². The highest BCUT2D eigenvalue weighted by Gasteiger charge is 2.15. The zero-order chi connectivity index (χ0) is 11.7. The number of rotatable bonds is 8. The number of unbranched alkanes of at least 4 members (excludes halogenated alkanes) is 1. The number of hydrogen-bond acceptors (Lipinski definition) is 5. The third kappa shape index (κ3) is 8.35. The van der Waals surface area contributed by atoms with Crippen LogP contribution in [-0.2, 0) is 9.53 Å². The Balaban J connectivity index is 3.57. The molecule has 2 atom stereocenters. The van der Waals surface area contributed by atoms with Crippen LogP contribution in [0.3, 0.4) is 0 Å². The average molecular weight is 220 g/mol. The molecular formula is C10H20O5. The van der Waals surface area contributed by atoms with E-state index in [0.29, 0.717) is 6.61 Å². The van der Waals surface area contributed by atoms with Gasteiger partial charge in [-0.15, -0.1) is 0 Å². The van der Waals surface area contributed by atoms with Crippen LogP contribution in [0.1, 0.15) is 32.6 Å². The van der Waals surface area contributed by atoms with Crippen LogP contribution >= 0.6 is 0 Å². The highest BCUT2D eigenvalue weighted by molar-refractivity contribution is 5.69. The molecule has 0 bridgehead atoms. The van der Waals surface area contributed by atoms with E-state index in [-0.39, 0.29) is 12.8 Å². The lowest BCUT2D eigenvalue weighted by Gasteiger charge is -2.13. The summed E-state index contributed by atoms with van der Waals surface area (Å²) in [6.45, 7) is 1.94. The molecule has 0 saturated heterocycles. The third-order valence-corrected chi connectivity index (χ3v) is 1.92. The lowest BCUT2D eigenvalue weighted by atomic mass is 10.1. The topological polar surface area (TPSA) is 87.0 Å². The van der Waals surface area contributed by atoms with Crippen molar-refractivity contribution >= 4 is 5.97 Å². The lowest BCUT2D eigenvalue weighted by Crippen LogP contribution is -2.24. The van der Waals surface area contributed by atoms with Gasteiger partial charge in [-0.2, -0.15) is 0 Å². The third-order valence-electron chi connectivity index (χ3n) is 1.92. The maximum atomic E-state index is 11.1. The van der Waals surface area contributed by atoms with Crippen LogP contribution < -0.4 is 0 Å². The smallest absolute Gasteiger partial charge is 0.308 e. The molecule has 3 N–H and O–H groups in total. The Morgan fingerprint density at radius 1 is 1.33 bits per heavy atom. The molecule has 0 amide bonds. The zero-order valence-electron chi connectivity index (χ0n) is 9.06. The van der Waals surface area contributed by atoms with Gasteiger partial charge in [-0.3, -0.25) is 4.79 Å². The summed E-state index contributed by atoms with van der Waals surface area (Å²) in [6, 6.07) is 0. The van der Waals surface area contributed by atoms with Crippen LogP contribution in [0.25, 0.3) is 0 Å². The van der Waals surface area contributed by atoms with E-state index in [2.05, 4.69) is 0 Å². The van der Waals surface area contributed by atoms with Crippen molar-refractivity contribution in [2.75, 3.05) is 13.2 Å². The van der Waals surface area contributed by atoms with Gasteiger partial charge in [0.05, 0.1) is 31.8 Å². The van der Waals surface area contributed by atoms with Crippen LogP contribution in [0.4, 0.5) is 0 Å². The number of aliphatic hydroxyl groups excluding tert-OH is 3. The van der Waals surface area contributed by atoms with Gasteiger partial charge >= 0.3 is 5.97 Å². The molecule has 0 unspecified atom stereocenters. The van der Waals surface area contributed by atoms with E-state index in [1.165, 1.54) is 0 Å². The molecule has 0 aromatic rings. The van der Waals surface area contributed by atoms with Gasteiger partial charge in [0.25, 0.3) is 0 Å². The minimum Gasteiger partial charge on any atom is -0.466 e. The normalized spacial score (nSPS) is 14.7.